The van der Waals surface area contributed by atoms with Crippen LogP contribution >= 0.6 is 11.6 Å². The van der Waals surface area contributed by atoms with Crippen LogP contribution in [0.25, 0.3) is 0 Å². The van der Waals surface area contributed by atoms with Gasteiger partial charge in [-0.1, -0.05) is 11.6 Å². The molecular weight excluding hydrogens is 385 g/mol. The van der Waals surface area contributed by atoms with Crippen LogP contribution in [0.2, 0.25) is 5.02 Å². The van der Waals surface area contributed by atoms with Crippen LogP contribution in [0.15, 0.2) is 30.5 Å². The summed E-state index contributed by atoms with van der Waals surface area (Å²) in [4.78, 5) is 18.0. The molecule has 8 heteroatoms. The van der Waals surface area contributed by atoms with E-state index in [0.29, 0.717) is 55.1 Å². The van der Waals surface area contributed by atoms with Crippen molar-refractivity contribution in [3.05, 3.63) is 46.9 Å². The number of amides is 1. The summed E-state index contributed by atoms with van der Waals surface area (Å²) in [5.74, 6) is 0.658. The molecule has 0 saturated carbocycles. The molecule has 3 heterocycles. The number of pyridine rings is 1. The molecule has 0 atom stereocenters. The molecule has 0 radical (unpaired) electrons. The van der Waals surface area contributed by atoms with E-state index >= 15 is 0 Å². The fourth-order valence-electron chi connectivity index (χ4n) is 3.62. The smallest absolute Gasteiger partial charge is 0.224 e. The quantitative estimate of drug-likeness (QED) is 0.817. The Bertz CT molecular complexity index is 883. The fraction of sp³-hybridized carbons (Fsp3) is 0.400. The van der Waals surface area contributed by atoms with Crippen LogP contribution in [0, 0.1) is 5.82 Å². The number of aromatic nitrogens is 1. The highest BCUT2D eigenvalue weighted by Crippen LogP contribution is 2.35. The van der Waals surface area contributed by atoms with Gasteiger partial charge in [-0.25, -0.2) is 9.37 Å². The van der Waals surface area contributed by atoms with E-state index in [-0.39, 0.29) is 18.2 Å². The lowest BCUT2D eigenvalue weighted by Gasteiger charge is -2.38. The molecule has 148 valence electrons. The molecule has 1 fully saturated rings. The van der Waals surface area contributed by atoms with E-state index in [2.05, 4.69) is 15.2 Å². The molecular formula is C20H21ClFN3O3. The molecule has 6 nitrogen and oxygen atoms in total. The molecule has 28 heavy (non-hydrogen) atoms. The minimum absolute atomic E-state index is 0.112. The average Bonchev–Trinajstić information content (AvgIpc) is 2.69. The van der Waals surface area contributed by atoms with Crippen LogP contribution < -0.4 is 15.0 Å². The van der Waals surface area contributed by atoms with Crippen LogP contribution in [0.1, 0.15) is 24.8 Å². The Morgan fingerprint density at radius 1 is 1.25 bits per heavy atom. The van der Waals surface area contributed by atoms with Crippen LogP contribution in [0.4, 0.5) is 15.9 Å². The zero-order chi connectivity index (χ0) is 19.7. The molecule has 1 amide bonds. The van der Waals surface area contributed by atoms with Gasteiger partial charge in [0.15, 0.2) is 0 Å². The zero-order valence-electron chi connectivity index (χ0n) is 15.3. The zero-order valence-corrected chi connectivity index (χ0v) is 16.0. The minimum atomic E-state index is -0.970. The van der Waals surface area contributed by atoms with E-state index in [9.17, 15) is 14.3 Å². The van der Waals surface area contributed by atoms with E-state index < -0.39 is 11.4 Å². The third kappa shape index (κ3) is 3.91. The Morgan fingerprint density at radius 2 is 2.04 bits per heavy atom. The SMILES string of the molecule is O=C1CCc2c(OCC3(O)CCN(c4ccc(Cl)cn4)CC3)ccc(F)c2N1. The van der Waals surface area contributed by atoms with Crippen LogP contribution in [0.3, 0.4) is 0 Å². The number of hydrogen-bond acceptors (Lipinski definition) is 5. The lowest BCUT2D eigenvalue weighted by Crippen LogP contribution is -2.48. The van der Waals surface area contributed by atoms with Crippen molar-refractivity contribution in [3.8, 4) is 5.75 Å². The van der Waals surface area contributed by atoms with Gasteiger partial charge in [0.05, 0.1) is 10.7 Å². The summed E-state index contributed by atoms with van der Waals surface area (Å²) in [5, 5.41) is 14.1. The number of anilines is 2. The number of carbonyl (C=O) groups excluding carboxylic acids is 1. The lowest BCUT2D eigenvalue weighted by molar-refractivity contribution is -0.116. The van der Waals surface area contributed by atoms with E-state index in [4.69, 9.17) is 16.3 Å². The highest BCUT2D eigenvalue weighted by atomic mass is 35.5. The number of carbonyl (C=O) groups is 1. The molecule has 0 aliphatic carbocycles. The molecule has 0 spiro atoms. The lowest BCUT2D eigenvalue weighted by atomic mass is 9.92. The first-order valence-electron chi connectivity index (χ1n) is 9.26. The van der Waals surface area contributed by atoms with E-state index in [1.807, 2.05) is 6.07 Å². The van der Waals surface area contributed by atoms with Gasteiger partial charge in [0, 0.05) is 31.3 Å². The first-order valence-corrected chi connectivity index (χ1v) is 9.64. The predicted molar refractivity (Wildman–Crippen MR) is 104 cm³/mol. The van der Waals surface area contributed by atoms with E-state index in [1.54, 1.807) is 18.3 Å². The van der Waals surface area contributed by atoms with Crippen molar-refractivity contribution in [1.82, 2.24) is 4.98 Å². The second-order valence-corrected chi connectivity index (χ2v) is 7.72. The molecule has 4 rings (SSSR count). The number of benzene rings is 1. The normalized spacial score (nSPS) is 18.4. The van der Waals surface area contributed by atoms with Crippen LogP contribution in [-0.2, 0) is 11.2 Å². The van der Waals surface area contributed by atoms with Gasteiger partial charge in [-0.05, 0) is 43.5 Å². The van der Waals surface area contributed by atoms with Crippen molar-refractivity contribution in [2.75, 3.05) is 29.9 Å². The van der Waals surface area contributed by atoms with Crippen molar-refractivity contribution in [3.63, 3.8) is 0 Å². The molecule has 1 saturated heterocycles. The van der Waals surface area contributed by atoms with Crippen molar-refractivity contribution in [1.29, 1.82) is 0 Å². The van der Waals surface area contributed by atoms with Gasteiger partial charge < -0.3 is 20.1 Å². The van der Waals surface area contributed by atoms with Gasteiger partial charge in [-0.3, -0.25) is 4.79 Å². The largest absolute Gasteiger partial charge is 0.490 e. The summed E-state index contributed by atoms with van der Waals surface area (Å²) < 4.78 is 19.9. The maximum atomic E-state index is 14.0. The number of fused-ring (bicyclic) bond motifs is 1. The first kappa shape index (κ1) is 19.0. The number of ether oxygens (including phenoxy) is 1. The maximum Gasteiger partial charge on any atom is 0.224 e. The molecule has 2 aromatic rings. The second kappa shape index (κ2) is 7.56. The topological polar surface area (TPSA) is 74.7 Å². The summed E-state index contributed by atoms with van der Waals surface area (Å²) >= 11 is 5.88. The molecule has 1 aromatic heterocycles. The Hall–Kier alpha value is -2.38. The summed E-state index contributed by atoms with van der Waals surface area (Å²) in [5.41, 5.74) is -0.141. The Kier molecular flexibility index (Phi) is 5.12. The minimum Gasteiger partial charge on any atom is -0.490 e. The van der Waals surface area contributed by atoms with Gasteiger partial charge in [-0.2, -0.15) is 0 Å². The number of nitrogens with one attached hydrogen (secondary N) is 1. The Labute approximate surface area is 167 Å². The summed E-state index contributed by atoms with van der Waals surface area (Å²) in [6, 6.07) is 6.49. The number of aliphatic hydroxyl groups is 1. The standard InChI is InChI=1S/C20H21ClFN3O3/c21-13-1-5-17(23-11-13)25-9-7-20(27,8-10-25)12-28-16-4-3-15(22)19-14(16)2-6-18(26)24-19/h1,3-5,11,27H,2,6-10,12H2,(H,24,26). The molecule has 1 aromatic carbocycles. The molecule has 2 aliphatic heterocycles. The van der Waals surface area contributed by atoms with Gasteiger partial charge in [0.1, 0.15) is 29.6 Å². The van der Waals surface area contributed by atoms with Crippen LogP contribution in [0.5, 0.6) is 5.75 Å². The fourth-order valence-corrected chi connectivity index (χ4v) is 3.73. The number of nitrogens with zero attached hydrogens (tertiary/aromatic N) is 2. The van der Waals surface area contributed by atoms with E-state index in [1.165, 1.54) is 6.07 Å². The Balaban J connectivity index is 1.40. The van der Waals surface area contributed by atoms with Crippen molar-refractivity contribution < 1.29 is 19.0 Å². The van der Waals surface area contributed by atoms with Gasteiger partial charge >= 0.3 is 0 Å². The summed E-state index contributed by atoms with van der Waals surface area (Å²) in [7, 11) is 0. The second-order valence-electron chi connectivity index (χ2n) is 7.28. The number of halogens is 2. The molecule has 0 unspecified atom stereocenters. The molecule has 0 bridgehead atoms. The van der Waals surface area contributed by atoms with Crippen molar-refractivity contribution in [2.24, 2.45) is 0 Å². The average molecular weight is 406 g/mol. The Morgan fingerprint density at radius 3 is 2.75 bits per heavy atom. The highest BCUT2D eigenvalue weighted by molar-refractivity contribution is 6.30. The van der Waals surface area contributed by atoms with Crippen molar-refractivity contribution >= 4 is 29.0 Å². The molecule has 2 N–H and O–H groups in total. The van der Waals surface area contributed by atoms with E-state index in [0.717, 1.165) is 5.82 Å². The van der Waals surface area contributed by atoms with Crippen LogP contribution in [-0.4, -0.2) is 41.3 Å². The maximum absolute atomic E-state index is 14.0. The first-order chi connectivity index (χ1) is 13.4. The number of piperidine rings is 1. The van der Waals surface area contributed by atoms with Gasteiger partial charge in [0.2, 0.25) is 5.91 Å². The van der Waals surface area contributed by atoms with Gasteiger partial charge in [-0.15, -0.1) is 0 Å². The molecule has 2 aliphatic rings. The summed E-state index contributed by atoms with van der Waals surface area (Å²) in [6.07, 6.45) is 3.37. The number of hydrogen-bond donors (Lipinski definition) is 2. The van der Waals surface area contributed by atoms with Crippen molar-refractivity contribution in [2.45, 2.75) is 31.3 Å². The third-order valence-electron chi connectivity index (χ3n) is 5.31. The van der Waals surface area contributed by atoms with Gasteiger partial charge in [0.25, 0.3) is 0 Å². The third-order valence-corrected chi connectivity index (χ3v) is 5.54. The predicted octanol–water partition coefficient (Wildman–Crippen LogP) is 3.17. The number of rotatable bonds is 4. The summed E-state index contributed by atoms with van der Waals surface area (Å²) in [6.45, 7) is 1.40. The monoisotopic (exact) mass is 405 g/mol. The highest BCUT2D eigenvalue weighted by Gasteiger charge is 2.34.